The van der Waals surface area contributed by atoms with Crippen molar-refractivity contribution in [2.24, 2.45) is 11.3 Å². The van der Waals surface area contributed by atoms with E-state index in [-0.39, 0.29) is 23.3 Å². The molecule has 1 N–H and O–H groups in total. The molecule has 0 heterocycles. The fourth-order valence-corrected chi connectivity index (χ4v) is 2.33. The molecule has 3 heteroatoms. The topological polar surface area (TPSA) is 52.9 Å². The second-order valence-electron chi connectivity index (χ2n) is 5.15. The first kappa shape index (κ1) is 12.0. The van der Waals surface area contributed by atoms with Gasteiger partial charge in [-0.3, -0.25) is 4.79 Å². The normalized spacial score (nSPS) is 26.4. The number of hydrogen-bond acceptors (Lipinski definition) is 2. The monoisotopic (exact) mass is 208 g/mol. The predicted octanol–water partition coefficient (Wildman–Crippen LogP) is 2.23. The van der Waals surface area contributed by atoms with Crippen molar-refractivity contribution < 1.29 is 4.79 Å². The van der Waals surface area contributed by atoms with E-state index in [1.54, 1.807) is 6.92 Å². The fraction of sp³-hybridized carbons (Fsp3) is 0.833. The van der Waals surface area contributed by atoms with E-state index in [0.717, 1.165) is 19.3 Å². The van der Waals surface area contributed by atoms with Gasteiger partial charge in [0.25, 0.3) is 0 Å². The Hall–Kier alpha value is -1.04. The minimum Gasteiger partial charge on any atom is -0.340 e. The lowest BCUT2D eigenvalue weighted by Crippen LogP contribution is -2.43. The summed E-state index contributed by atoms with van der Waals surface area (Å²) in [4.78, 5) is 11.9. The molecule has 1 aliphatic rings. The van der Waals surface area contributed by atoms with E-state index >= 15 is 0 Å². The van der Waals surface area contributed by atoms with E-state index in [1.165, 1.54) is 6.42 Å². The van der Waals surface area contributed by atoms with Crippen LogP contribution in [-0.2, 0) is 4.79 Å². The maximum absolute atomic E-state index is 11.9. The molecule has 84 valence electrons. The van der Waals surface area contributed by atoms with Gasteiger partial charge < -0.3 is 5.32 Å². The van der Waals surface area contributed by atoms with Crippen molar-refractivity contribution in [3.63, 3.8) is 0 Å². The lowest BCUT2D eigenvalue weighted by molar-refractivity contribution is -0.130. The molecule has 0 aromatic rings. The van der Waals surface area contributed by atoms with Gasteiger partial charge in [-0.1, -0.05) is 26.7 Å². The minimum atomic E-state index is -0.379. The maximum Gasteiger partial charge on any atom is 0.224 e. The van der Waals surface area contributed by atoms with Crippen LogP contribution in [0.4, 0.5) is 0 Å². The number of nitrogens with one attached hydrogen (secondary N) is 1. The largest absolute Gasteiger partial charge is 0.340 e. The van der Waals surface area contributed by atoms with Crippen molar-refractivity contribution in [1.82, 2.24) is 5.32 Å². The van der Waals surface area contributed by atoms with Crippen molar-refractivity contribution in [2.45, 2.75) is 52.5 Å². The van der Waals surface area contributed by atoms with E-state index in [2.05, 4.69) is 19.2 Å². The number of rotatable bonds is 2. The molecule has 0 saturated heterocycles. The Balaban J connectivity index is 2.62. The van der Waals surface area contributed by atoms with Crippen LogP contribution in [0, 0.1) is 22.7 Å². The number of amides is 1. The summed E-state index contributed by atoms with van der Waals surface area (Å²) in [6.45, 7) is 6.01. The zero-order chi connectivity index (χ0) is 11.5. The summed E-state index contributed by atoms with van der Waals surface area (Å²) in [5.74, 6) is 0.121. The smallest absolute Gasteiger partial charge is 0.224 e. The average Bonchev–Trinajstić information content (AvgIpc) is 2.16. The minimum absolute atomic E-state index is 0.0498. The number of nitriles is 1. The summed E-state index contributed by atoms with van der Waals surface area (Å²) in [5.41, 5.74) is 0.0809. The Kier molecular flexibility index (Phi) is 3.73. The molecular weight excluding hydrogens is 188 g/mol. The molecule has 1 fully saturated rings. The van der Waals surface area contributed by atoms with Gasteiger partial charge in [-0.05, 0) is 25.2 Å². The number of carbonyl (C=O) groups is 1. The van der Waals surface area contributed by atoms with Gasteiger partial charge in [0.15, 0.2) is 0 Å². The molecule has 0 spiro atoms. The summed E-state index contributed by atoms with van der Waals surface area (Å²) in [6, 6.07) is 1.65. The zero-order valence-corrected chi connectivity index (χ0v) is 9.84. The van der Waals surface area contributed by atoms with Crippen molar-refractivity contribution in [3.05, 3.63) is 0 Å². The SMILES string of the molecule is CC(C#N)NC(=O)C1CCCCC1(C)C. The van der Waals surface area contributed by atoms with Crippen LogP contribution in [0.5, 0.6) is 0 Å². The van der Waals surface area contributed by atoms with Gasteiger partial charge in [0.2, 0.25) is 5.91 Å². The highest BCUT2D eigenvalue weighted by Gasteiger charge is 2.37. The van der Waals surface area contributed by atoms with E-state index in [9.17, 15) is 4.79 Å². The van der Waals surface area contributed by atoms with Crippen LogP contribution in [0.25, 0.3) is 0 Å². The molecule has 0 aromatic heterocycles. The van der Waals surface area contributed by atoms with Crippen LogP contribution in [0.2, 0.25) is 0 Å². The van der Waals surface area contributed by atoms with Gasteiger partial charge in [-0.2, -0.15) is 5.26 Å². The van der Waals surface area contributed by atoms with Crippen LogP contribution in [0.1, 0.15) is 46.5 Å². The lowest BCUT2D eigenvalue weighted by Gasteiger charge is -2.37. The van der Waals surface area contributed by atoms with Crippen LogP contribution in [-0.4, -0.2) is 11.9 Å². The lowest BCUT2D eigenvalue weighted by atomic mass is 9.68. The molecule has 2 unspecified atom stereocenters. The molecule has 1 rings (SSSR count). The molecule has 0 aliphatic heterocycles. The molecule has 0 aromatic carbocycles. The number of carbonyl (C=O) groups excluding carboxylic acids is 1. The van der Waals surface area contributed by atoms with E-state index in [0.29, 0.717) is 0 Å². The van der Waals surface area contributed by atoms with Crippen molar-refractivity contribution in [2.75, 3.05) is 0 Å². The first-order valence-corrected chi connectivity index (χ1v) is 5.67. The molecule has 0 radical (unpaired) electrons. The van der Waals surface area contributed by atoms with Gasteiger partial charge in [-0.15, -0.1) is 0 Å². The van der Waals surface area contributed by atoms with Crippen LogP contribution >= 0.6 is 0 Å². The van der Waals surface area contributed by atoms with Gasteiger partial charge in [0, 0.05) is 5.92 Å². The van der Waals surface area contributed by atoms with Crippen LogP contribution < -0.4 is 5.32 Å². The summed E-state index contributed by atoms with van der Waals surface area (Å²) in [5, 5.41) is 11.4. The van der Waals surface area contributed by atoms with Gasteiger partial charge in [0.05, 0.1) is 6.07 Å². The van der Waals surface area contributed by atoms with E-state index < -0.39 is 0 Å². The first-order chi connectivity index (χ1) is 6.97. The van der Waals surface area contributed by atoms with E-state index in [1.807, 2.05) is 6.07 Å². The Labute approximate surface area is 91.9 Å². The molecular formula is C12H20N2O. The van der Waals surface area contributed by atoms with Crippen molar-refractivity contribution in [1.29, 1.82) is 5.26 Å². The molecule has 15 heavy (non-hydrogen) atoms. The quantitative estimate of drug-likeness (QED) is 0.756. The van der Waals surface area contributed by atoms with Crippen molar-refractivity contribution in [3.8, 4) is 6.07 Å². The Morgan fingerprint density at radius 2 is 2.20 bits per heavy atom. The maximum atomic E-state index is 11.9. The summed E-state index contributed by atoms with van der Waals surface area (Å²) in [6.07, 6.45) is 4.40. The third-order valence-corrected chi connectivity index (χ3v) is 3.38. The Bertz CT molecular complexity index is 278. The number of hydrogen-bond donors (Lipinski definition) is 1. The molecule has 1 saturated carbocycles. The van der Waals surface area contributed by atoms with E-state index in [4.69, 9.17) is 5.26 Å². The van der Waals surface area contributed by atoms with Crippen molar-refractivity contribution >= 4 is 5.91 Å². The van der Waals surface area contributed by atoms with Crippen LogP contribution in [0.15, 0.2) is 0 Å². The molecule has 1 amide bonds. The summed E-state index contributed by atoms with van der Waals surface area (Å²) >= 11 is 0. The molecule has 0 bridgehead atoms. The van der Waals surface area contributed by atoms with Gasteiger partial charge in [0.1, 0.15) is 6.04 Å². The second-order valence-corrected chi connectivity index (χ2v) is 5.15. The highest BCUT2D eigenvalue weighted by molar-refractivity contribution is 5.80. The Morgan fingerprint density at radius 3 is 2.73 bits per heavy atom. The highest BCUT2D eigenvalue weighted by atomic mass is 16.2. The third kappa shape index (κ3) is 2.95. The standard InChI is InChI=1S/C12H20N2O/c1-9(8-13)14-11(15)10-6-4-5-7-12(10,2)3/h9-10H,4-7H2,1-3H3,(H,14,15). The predicted molar refractivity (Wildman–Crippen MR) is 59.0 cm³/mol. The fourth-order valence-electron chi connectivity index (χ4n) is 2.33. The van der Waals surface area contributed by atoms with Gasteiger partial charge in [-0.25, -0.2) is 0 Å². The second kappa shape index (κ2) is 4.65. The molecule has 2 atom stereocenters. The molecule has 1 aliphatic carbocycles. The Morgan fingerprint density at radius 1 is 1.53 bits per heavy atom. The van der Waals surface area contributed by atoms with Crippen LogP contribution in [0.3, 0.4) is 0 Å². The third-order valence-electron chi connectivity index (χ3n) is 3.38. The van der Waals surface area contributed by atoms with Gasteiger partial charge >= 0.3 is 0 Å². The summed E-state index contributed by atoms with van der Waals surface area (Å²) in [7, 11) is 0. The number of nitrogens with zero attached hydrogens (tertiary/aromatic N) is 1. The first-order valence-electron chi connectivity index (χ1n) is 5.67. The zero-order valence-electron chi connectivity index (χ0n) is 9.84. The highest BCUT2D eigenvalue weighted by Crippen LogP contribution is 2.40. The molecule has 3 nitrogen and oxygen atoms in total. The average molecular weight is 208 g/mol. The summed E-state index contributed by atoms with van der Waals surface area (Å²) < 4.78 is 0.